The number of ether oxygens (including phenoxy) is 1. The summed E-state index contributed by atoms with van der Waals surface area (Å²) in [7, 11) is 0. The minimum absolute atomic E-state index is 0.0686. The maximum atomic E-state index is 14.0. The van der Waals surface area contributed by atoms with Gasteiger partial charge in [-0.2, -0.15) is 5.10 Å². The standard InChI is InChI=1S/C26H30F2N6O2/c1-16(2)11-24(35)34-10-7-21-22(15-34)31-25(17-13-29-30-14-17)26(32-21)33-8-5-19(6-9-33)36-23-4-3-18(27)12-20(23)28/h3-4,12-14,16,19H,5-11,15H2,1-2H3,(H,29,30). The number of halogens is 2. The first-order valence-electron chi connectivity index (χ1n) is 12.4. The fourth-order valence-electron chi connectivity index (χ4n) is 4.74. The molecule has 190 valence electrons. The number of hydrogen-bond donors (Lipinski definition) is 1. The molecule has 4 heterocycles. The van der Waals surface area contributed by atoms with Gasteiger partial charge in [0.05, 0.1) is 24.1 Å². The average Bonchev–Trinajstić information content (AvgIpc) is 3.40. The number of benzene rings is 1. The summed E-state index contributed by atoms with van der Waals surface area (Å²) in [6, 6.07) is 3.37. The lowest BCUT2D eigenvalue weighted by Crippen LogP contribution is -2.40. The van der Waals surface area contributed by atoms with Gasteiger partial charge in [-0.05, 0) is 18.1 Å². The van der Waals surface area contributed by atoms with E-state index in [-0.39, 0.29) is 17.8 Å². The largest absolute Gasteiger partial charge is 0.487 e. The van der Waals surface area contributed by atoms with E-state index in [4.69, 9.17) is 14.7 Å². The fourth-order valence-corrected chi connectivity index (χ4v) is 4.74. The van der Waals surface area contributed by atoms with Crippen molar-refractivity contribution in [1.29, 1.82) is 0 Å². The molecule has 2 aromatic heterocycles. The zero-order valence-corrected chi connectivity index (χ0v) is 20.5. The van der Waals surface area contributed by atoms with E-state index in [0.717, 1.165) is 34.5 Å². The minimum atomic E-state index is -0.693. The van der Waals surface area contributed by atoms with Gasteiger partial charge in [-0.3, -0.25) is 9.89 Å². The maximum Gasteiger partial charge on any atom is 0.223 e. The molecule has 0 bridgehead atoms. The van der Waals surface area contributed by atoms with Crippen LogP contribution in [0.5, 0.6) is 5.75 Å². The lowest BCUT2D eigenvalue weighted by atomic mass is 10.0. The van der Waals surface area contributed by atoms with Crippen molar-refractivity contribution in [2.45, 2.75) is 52.2 Å². The van der Waals surface area contributed by atoms with E-state index >= 15 is 0 Å². The Kier molecular flexibility index (Phi) is 6.84. The third-order valence-electron chi connectivity index (χ3n) is 6.63. The quantitative estimate of drug-likeness (QED) is 0.552. The maximum absolute atomic E-state index is 14.0. The second kappa shape index (κ2) is 10.2. The van der Waals surface area contributed by atoms with E-state index in [2.05, 4.69) is 15.1 Å². The lowest BCUT2D eigenvalue weighted by molar-refractivity contribution is -0.133. The molecule has 8 nitrogen and oxygen atoms in total. The molecule has 3 aromatic rings. The van der Waals surface area contributed by atoms with E-state index in [1.165, 1.54) is 12.1 Å². The number of amides is 1. The number of carbonyl (C=O) groups excluding carboxylic acids is 1. The Morgan fingerprint density at radius 3 is 2.67 bits per heavy atom. The van der Waals surface area contributed by atoms with Gasteiger partial charge in [0, 0.05) is 63.1 Å². The van der Waals surface area contributed by atoms with Crippen molar-refractivity contribution in [2.75, 3.05) is 24.5 Å². The van der Waals surface area contributed by atoms with Crippen molar-refractivity contribution >= 4 is 11.7 Å². The second-order valence-electron chi connectivity index (χ2n) is 9.82. The van der Waals surface area contributed by atoms with Crippen molar-refractivity contribution in [3.8, 4) is 17.0 Å². The molecule has 36 heavy (non-hydrogen) atoms. The van der Waals surface area contributed by atoms with E-state index in [9.17, 15) is 13.6 Å². The molecule has 0 spiro atoms. The summed E-state index contributed by atoms with van der Waals surface area (Å²) in [5.74, 6) is -0.0186. The molecule has 0 atom stereocenters. The number of fused-ring (bicyclic) bond motifs is 1. The van der Waals surface area contributed by atoms with Crippen molar-refractivity contribution < 1.29 is 18.3 Å². The minimum Gasteiger partial charge on any atom is -0.487 e. The van der Waals surface area contributed by atoms with Gasteiger partial charge < -0.3 is 14.5 Å². The fraction of sp³-hybridized carbons (Fsp3) is 0.462. The Balaban J connectivity index is 1.34. The van der Waals surface area contributed by atoms with E-state index in [1.807, 2.05) is 18.7 Å². The van der Waals surface area contributed by atoms with E-state index in [0.29, 0.717) is 57.8 Å². The van der Waals surface area contributed by atoms with E-state index in [1.54, 1.807) is 12.4 Å². The molecule has 0 aliphatic carbocycles. The number of hydrogen-bond acceptors (Lipinski definition) is 6. The van der Waals surface area contributed by atoms with Crippen LogP contribution in [0.1, 0.15) is 44.5 Å². The normalized spacial score (nSPS) is 16.4. The predicted molar refractivity (Wildman–Crippen MR) is 130 cm³/mol. The molecular weight excluding hydrogens is 466 g/mol. The molecule has 1 saturated heterocycles. The highest BCUT2D eigenvalue weighted by molar-refractivity contribution is 5.77. The molecule has 2 aliphatic rings. The highest BCUT2D eigenvalue weighted by atomic mass is 19.1. The molecule has 1 N–H and O–H groups in total. The zero-order chi connectivity index (χ0) is 25.2. The van der Waals surface area contributed by atoms with Gasteiger partial charge in [0.25, 0.3) is 0 Å². The molecular formula is C26H30F2N6O2. The highest BCUT2D eigenvalue weighted by Gasteiger charge is 2.29. The van der Waals surface area contributed by atoms with Crippen LogP contribution in [0.15, 0.2) is 30.6 Å². The van der Waals surface area contributed by atoms with Crippen LogP contribution in [-0.2, 0) is 17.8 Å². The van der Waals surface area contributed by atoms with Crippen LogP contribution in [0.25, 0.3) is 11.3 Å². The Morgan fingerprint density at radius 2 is 1.97 bits per heavy atom. The highest BCUT2D eigenvalue weighted by Crippen LogP contribution is 2.33. The summed E-state index contributed by atoms with van der Waals surface area (Å²) < 4.78 is 33.1. The predicted octanol–water partition coefficient (Wildman–Crippen LogP) is 4.12. The number of aromatic amines is 1. The Hall–Kier alpha value is -3.56. The molecule has 0 unspecified atom stereocenters. The van der Waals surface area contributed by atoms with Gasteiger partial charge in [-0.15, -0.1) is 0 Å². The first-order chi connectivity index (χ1) is 17.4. The average molecular weight is 497 g/mol. The van der Waals surface area contributed by atoms with Gasteiger partial charge in [0.15, 0.2) is 17.4 Å². The Morgan fingerprint density at radius 1 is 1.17 bits per heavy atom. The number of aromatic nitrogens is 4. The van der Waals surface area contributed by atoms with Crippen molar-refractivity contribution in [3.63, 3.8) is 0 Å². The van der Waals surface area contributed by atoms with Crippen LogP contribution in [-0.4, -0.2) is 56.7 Å². The van der Waals surface area contributed by atoms with Gasteiger partial charge in [-0.25, -0.2) is 18.7 Å². The van der Waals surface area contributed by atoms with E-state index < -0.39 is 11.6 Å². The number of nitrogens with zero attached hydrogens (tertiary/aromatic N) is 5. The van der Waals surface area contributed by atoms with Gasteiger partial charge in [0.1, 0.15) is 17.6 Å². The van der Waals surface area contributed by atoms with Gasteiger partial charge in [0.2, 0.25) is 5.91 Å². The number of rotatable bonds is 6. The first-order valence-corrected chi connectivity index (χ1v) is 12.4. The summed E-state index contributed by atoms with van der Waals surface area (Å²) >= 11 is 0. The van der Waals surface area contributed by atoms with Crippen LogP contribution in [0, 0.1) is 17.6 Å². The van der Waals surface area contributed by atoms with Crippen LogP contribution < -0.4 is 9.64 Å². The second-order valence-corrected chi connectivity index (χ2v) is 9.82. The molecule has 1 fully saturated rings. The number of carbonyl (C=O) groups is 1. The summed E-state index contributed by atoms with van der Waals surface area (Å²) in [6.07, 6.45) is 5.85. The molecule has 0 radical (unpaired) electrons. The first kappa shape index (κ1) is 24.1. The molecule has 5 rings (SSSR count). The van der Waals surface area contributed by atoms with Crippen LogP contribution in [0.4, 0.5) is 14.6 Å². The van der Waals surface area contributed by atoms with Crippen molar-refractivity contribution in [3.05, 3.63) is 53.6 Å². The van der Waals surface area contributed by atoms with Crippen LogP contribution >= 0.6 is 0 Å². The molecule has 10 heteroatoms. The summed E-state index contributed by atoms with van der Waals surface area (Å²) in [5.41, 5.74) is 3.29. The number of H-pyrrole nitrogens is 1. The zero-order valence-electron chi connectivity index (χ0n) is 20.5. The summed E-state index contributed by atoms with van der Waals surface area (Å²) in [4.78, 5) is 26.7. The monoisotopic (exact) mass is 496 g/mol. The smallest absolute Gasteiger partial charge is 0.223 e. The lowest BCUT2D eigenvalue weighted by Gasteiger charge is -2.35. The van der Waals surface area contributed by atoms with Crippen molar-refractivity contribution in [1.82, 2.24) is 25.1 Å². The van der Waals surface area contributed by atoms with Crippen LogP contribution in [0.3, 0.4) is 0 Å². The Bertz CT molecular complexity index is 1230. The number of piperidine rings is 1. The van der Waals surface area contributed by atoms with Gasteiger partial charge >= 0.3 is 0 Å². The van der Waals surface area contributed by atoms with Crippen LogP contribution in [0.2, 0.25) is 0 Å². The number of anilines is 1. The molecule has 1 amide bonds. The van der Waals surface area contributed by atoms with Gasteiger partial charge in [-0.1, -0.05) is 13.8 Å². The Labute approximate surface area is 208 Å². The third kappa shape index (κ3) is 5.17. The number of nitrogens with one attached hydrogen (secondary N) is 1. The SMILES string of the molecule is CC(C)CC(=O)N1CCc2nc(N3CCC(Oc4ccc(F)cc4F)CC3)c(-c3cn[nH]c3)nc2C1. The summed E-state index contributed by atoms with van der Waals surface area (Å²) in [6.45, 7) is 6.50. The third-order valence-corrected chi connectivity index (χ3v) is 6.63. The molecule has 2 aliphatic heterocycles. The van der Waals surface area contributed by atoms with Crippen molar-refractivity contribution in [2.24, 2.45) is 5.92 Å². The topological polar surface area (TPSA) is 87.2 Å². The molecule has 0 saturated carbocycles. The summed E-state index contributed by atoms with van der Waals surface area (Å²) in [5, 5.41) is 6.94. The molecule has 1 aromatic carbocycles.